The summed E-state index contributed by atoms with van der Waals surface area (Å²) in [5.41, 5.74) is 3.87. The molecule has 0 saturated heterocycles. The molecule has 1 aromatic rings. The zero-order valence-corrected chi connectivity index (χ0v) is 9.29. The van der Waals surface area contributed by atoms with Gasteiger partial charge in [-0.1, -0.05) is 11.6 Å². The Kier molecular flexibility index (Phi) is 3.38. The van der Waals surface area contributed by atoms with Crippen LogP contribution >= 0.6 is 0 Å². The first-order valence-electron chi connectivity index (χ1n) is 5.69. The largest absolute Gasteiger partial charge is 0.385 e. The maximum atomic E-state index is 4.17. The maximum Gasteiger partial charge on any atom is 0.0393 e. The van der Waals surface area contributed by atoms with Crippen LogP contribution in [-0.2, 0) is 0 Å². The highest BCUT2D eigenvalue weighted by molar-refractivity contribution is 5.42. The quantitative estimate of drug-likeness (QED) is 0.758. The van der Waals surface area contributed by atoms with Crippen LogP contribution in [0.4, 0.5) is 5.69 Å². The fraction of sp³-hybridized carbons (Fsp3) is 0.462. The molecule has 0 fully saturated rings. The van der Waals surface area contributed by atoms with E-state index < -0.39 is 0 Å². The molecule has 0 spiro atoms. The van der Waals surface area contributed by atoms with E-state index in [1.165, 1.54) is 31.4 Å². The number of nitrogens with zero attached hydrogens (tertiary/aromatic N) is 1. The Morgan fingerprint density at radius 1 is 1.47 bits per heavy atom. The summed E-state index contributed by atoms with van der Waals surface area (Å²) in [7, 11) is 0. The van der Waals surface area contributed by atoms with Gasteiger partial charge in [-0.2, -0.15) is 0 Å². The van der Waals surface area contributed by atoms with Crippen LogP contribution in [0.3, 0.4) is 0 Å². The smallest absolute Gasteiger partial charge is 0.0393 e. The Morgan fingerprint density at radius 3 is 3.13 bits per heavy atom. The number of aromatic nitrogens is 1. The molecule has 0 atom stereocenters. The van der Waals surface area contributed by atoms with Crippen LogP contribution in [-0.4, -0.2) is 11.5 Å². The van der Waals surface area contributed by atoms with Crippen LogP contribution in [0.2, 0.25) is 0 Å². The Morgan fingerprint density at radius 2 is 2.40 bits per heavy atom. The minimum Gasteiger partial charge on any atom is -0.385 e. The van der Waals surface area contributed by atoms with Crippen LogP contribution in [0.5, 0.6) is 0 Å². The lowest BCUT2D eigenvalue weighted by Crippen LogP contribution is -2.02. The normalized spacial score (nSPS) is 15.1. The summed E-state index contributed by atoms with van der Waals surface area (Å²) in [6.45, 7) is 3.06. The van der Waals surface area contributed by atoms with Crippen molar-refractivity contribution in [1.82, 2.24) is 4.98 Å². The van der Waals surface area contributed by atoms with Crippen LogP contribution in [0.25, 0.3) is 0 Å². The number of pyridine rings is 1. The molecule has 80 valence electrons. The number of allylic oxidation sites excluding steroid dienone is 1. The summed E-state index contributed by atoms with van der Waals surface area (Å²) >= 11 is 0. The molecule has 0 radical (unpaired) electrons. The zero-order valence-electron chi connectivity index (χ0n) is 9.29. The minimum absolute atomic E-state index is 1.04. The molecule has 1 aliphatic carbocycles. The van der Waals surface area contributed by atoms with E-state index in [4.69, 9.17) is 0 Å². The third-order valence-corrected chi connectivity index (χ3v) is 2.81. The summed E-state index contributed by atoms with van der Waals surface area (Å²) in [5.74, 6) is 0. The SMILES string of the molecule is Cc1cc(NCCC2=CCCC2)ccn1. The second-order valence-corrected chi connectivity index (χ2v) is 4.12. The van der Waals surface area contributed by atoms with Gasteiger partial charge < -0.3 is 5.32 Å². The van der Waals surface area contributed by atoms with E-state index in [1.807, 2.05) is 19.2 Å². The number of hydrogen-bond donors (Lipinski definition) is 1. The van der Waals surface area contributed by atoms with Crippen molar-refractivity contribution in [2.45, 2.75) is 32.6 Å². The molecular weight excluding hydrogens is 184 g/mol. The predicted molar refractivity (Wildman–Crippen MR) is 64.0 cm³/mol. The number of rotatable bonds is 4. The average molecular weight is 202 g/mol. The number of aryl methyl sites for hydroxylation is 1. The van der Waals surface area contributed by atoms with Crippen molar-refractivity contribution in [1.29, 1.82) is 0 Å². The fourth-order valence-electron chi connectivity index (χ4n) is 1.99. The molecule has 2 heteroatoms. The van der Waals surface area contributed by atoms with E-state index in [0.29, 0.717) is 0 Å². The highest BCUT2D eigenvalue weighted by atomic mass is 14.9. The number of hydrogen-bond acceptors (Lipinski definition) is 2. The highest BCUT2D eigenvalue weighted by Gasteiger charge is 2.03. The average Bonchev–Trinajstić information content (AvgIpc) is 2.71. The Hall–Kier alpha value is -1.31. The van der Waals surface area contributed by atoms with Crippen molar-refractivity contribution in [2.24, 2.45) is 0 Å². The van der Waals surface area contributed by atoms with Gasteiger partial charge in [0, 0.05) is 24.1 Å². The lowest BCUT2D eigenvalue weighted by molar-refractivity contribution is 0.863. The van der Waals surface area contributed by atoms with Gasteiger partial charge in [-0.25, -0.2) is 0 Å². The molecule has 1 aromatic heterocycles. The molecule has 1 aliphatic rings. The minimum atomic E-state index is 1.04. The van der Waals surface area contributed by atoms with Crippen LogP contribution < -0.4 is 5.32 Å². The third-order valence-electron chi connectivity index (χ3n) is 2.81. The van der Waals surface area contributed by atoms with E-state index in [1.54, 1.807) is 5.57 Å². The van der Waals surface area contributed by atoms with Gasteiger partial charge in [0.2, 0.25) is 0 Å². The Labute approximate surface area is 91.4 Å². The van der Waals surface area contributed by atoms with Gasteiger partial charge in [-0.3, -0.25) is 4.98 Å². The van der Waals surface area contributed by atoms with Gasteiger partial charge in [-0.05, 0) is 44.7 Å². The Bertz CT molecular complexity index is 355. The van der Waals surface area contributed by atoms with Crippen molar-refractivity contribution >= 4 is 5.69 Å². The van der Waals surface area contributed by atoms with E-state index in [9.17, 15) is 0 Å². The van der Waals surface area contributed by atoms with Gasteiger partial charge in [0.05, 0.1) is 0 Å². The van der Waals surface area contributed by atoms with E-state index in [0.717, 1.165) is 12.2 Å². The van der Waals surface area contributed by atoms with Crippen molar-refractivity contribution in [2.75, 3.05) is 11.9 Å². The third kappa shape index (κ3) is 3.08. The molecule has 0 bridgehead atoms. The Balaban J connectivity index is 1.78. The number of nitrogens with one attached hydrogen (secondary N) is 1. The summed E-state index contributed by atoms with van der Waals surface area (Å²) in [6.07, 6.45) is 9.36. The zero-order chi connectivity index (χ0) is 10.5. The van der Waals surface area contributed by atoms with E-state index in [2.05, 4.69) is 22.4 Å². The van der Waals surface area contributed by atoms with Crippen molar-refractivity contribution in [3.63, 3.8) is 0 Å². The van der Waals surface area contributed by atoms with Gasteiger partial charge in [-0.15, -0.1) is 0 Å². The second kappa shape index (κ2) is 4.96. The van der Waals surface area contributed by atoms with Crippen LogP contribution in [0, 0.1) is 6.92 Å². The van der Waals surface area contributed by atoms with Crippen molar-refractivity contribution in [3.05, 3.63) is 35.7 Å². The molecule has 0 amide bonds. The number of anilines is 1. The van der Waals surface area contributed by atoms with Gasteiger partial charge >= 0.3 is 0 Å². The molecule has 0 aromatic carbocycles. The summed E-state index contributed by atoms with van der Waals surface area (Å²) < 4.78 is 0. The lowest BCUT2D eigenvalue weighted by atomic mass is 10.1. The molecule has 0 saturated carbocycles. The molecule has 0 unspecified atom stereocenters. The highest BCUT2D eigenvalue weighted by Crippen LogP contribution is 2.20. The molecular formula is C13H18N2. The maximum absolute atomic E-state index is 4.17. The molecule has 1 heterocycles. The molecule has 15 heavy (non-hydrogen) atoms. The fourth-order valence-corrected chi connectivity index (χ4v) is 1.99. The first-order valence-corrected chi connectivity index (χ1v) is 5.69. The van der Waals surface area contributed by atoms with Crippen molar-refractivity contribution in [3.8, 4) is 0 Å². The first kappa shape index (κ1) is 10.2. The van der Waals surface area contributed by atoms with Crippen LogP contribution in [0.1, 0.15) is 31.4 Å². The monoisotopic (exact) mass is 202 g/mol. The molecule has 2 nitrogen and oxygen atoms in total. The van der Waals surface area contributed by atoms with Gasteiger partial charge in [0.1, 0.15) is 0 Å². The topological polar surface area (TPSA) is 24.9 Å². The summed E-state index contributed by atoms with van der Waals surface area (Å²) in [6, 6.07) is 4.11. The molecule has 1 N–H and O–H groups in total. The predicted octanol–water partition coefficient (Wildman–Crippen LogP) is 3.30. The summed E-state index contributed by atoms with van der Waals surface area (Å²) in [5, 5.41) is 3.43. The lowest BCUT2D eigenvalue weighted by Gasteiger charge is -2.07. The van der Waals surface area contributed by atoms with Gasteiger partial charge in [0.15, 0.2) is 0 Å². The molecule has 2 rings (SSSR count). The second-order valence-electron chi connectivity index (χ2n) is 4.12. The summed E-state index contributed by atoms with van der Waals surface area (Å²) in [4.78, 5) is 4.17. The standard InChI is InChI=1S/C13H18N2/c1-11-10-13(7-9-14-11)15-8-6-12-4-2-3-5-12/h4,7,9-10H,2-3,5-6,8H2,1H3,(H,14,15). The van der Waals surface area contributed by atoms with E-state index >= 15 is 0 Å². The first-order chi connectivity index (χ1) is 7.34. The van der Waals surface area contributed by atoms with Crippen molar-refractivity contribution < 1.29 is 0 Å². The van der Waals surface area contributed by atoms with Crippen LogP contribution in [0.15, 0.2) is 30.0 Å². The molecule has 0 aliphatic heterocycles. The van der Waals surface area contributed by atoms with E-state index in [-0.39, 0.29) is 0 Å². The van der Waals surface area contributed by atoms with Gasteiger partial charge in [0.25, 0.3) is 0 Å².